The molecule has 2 N–H and O–H groups in total. The zero-order valence-corrected chi connectivity index (χ0v) is 9.50. The van der Waals surface area contributed by atoms with E-state index in [1.165, 1.54) is 0 Å². The lowest BCUT2D eigenvalue weighted by Crippen LogP contribution is -2.03. The van der Waals surface area contributed by atoms with Gasteiger partial charge in [0.25, 0.3) is 0 Å². The van der Waals surface area contributed by atoms with Gasteiger partial charge < -0.3 is 10.2 Å². The first-order chi connectivity index (χ1) is 8.29. The Balaban J connectivity index is 2.11. The molecule has 0 amide bonds. The van der Waals surface area contributed by atoms with Gasteiger partial charge in [-0.3, -0.25) is 4.57 Å². The maximum Gasteiger partial charge on any atom is 0.232 e. The molecule has 0 aliphatic carbocycles. The van der Waals surface area contributed by atoms with Crippen molar-refractivity contribution in [3.8, 4) is 11.6 Å². The molecule has 3 aromatic heterocycles. The number of hydrogen-bond donors (Lipinski definition) is 1. The van der Waals surface area contributed by atoms with Crippen LogP contribution in [0.1, 0.15) is 5.69 Å². The van der Waals surface area contributed by atoms with Crippen LogP contribution >= 0.6 is 0 Å². The van der Waals surface area contributed by atoms with Crippen molar-refractivity contribution in [2.24, 2.45) is 12.8 Å². The molecule has 0 saturated heterocycles. The standard InChI is InChI=1S/C11H13N5O/c1-15-10(9-3-2-6-17-9)14-16-7-8(4-5-12)13-11(15)16/h2-3,6-7H,4-5,12H2,1H3. The summed E-state index contributed by atoms with van der Waals surface area (Å²) in [7, 11) is 1.92. The highest BCUT2D eigenvalue weighted by molar-refractivity contribution is 5.51. The molecule has 0 aliphatic rings. The van der Waals surface area contributed by atoms with Gasteiger partial charge in [-0.2, -0.15) is 0 Å². The second-order valence-corrected chi connectivity index (χ2v) is 3.88. The minimum absolute atomic E-state index is 0.592. The van der Waals surface area contributed by atoms with E-state index in [0.717, 1.165) is 29.5 Å². The first kappa shape index (κ1) is 10.1. The molecule has 6 heteroatoms. The van der Waals surface area contributed by atoms with Gasteiger partial charge in [0.15, 0.2) is 11.6 Å². The Morgan fingerprint density at radius 1 is 1.47 bits per heavy atom. The zero-order valence-electron chi connectivity index (χ0n) is 9.50. The van der Waals surface area contributed by atoms with Gasteiger partial charge in [-0.15, -0.1) is 5.10 Å². The number of fused-ring (bicyclic) bond motifs is 1. The van der Waals surface area contributed by atoms with Crippen LogP contribution in [0.2, 0.25) is 0 Å². The summed E-state index contributed by atoms with van der Waals surface area (Å²) in [6.07, 6.45) is 4.29. The van der Waals surface area contributed by atoms with E-state index in [9.17, 15) is 0 Å². The predicted octanol–water partition coefficient (Wildman–Crippen LogP) is 0.829. The van der Waals surface area contributed by atoms with Crippen LogP contribution in [0.4, 0.5) is 0 Å². The number of hydrogen-bond acceptors (Lipinski definition) is 4. The van der Waals surface area contributed by atoms with Crippen molar-refractivity contribution < 1.29 is 4.42 Å². The minimum atomic E-state index is 0.592. The average Bonchev–Trinajstić information content (AvgIpc) is 2.97. The van der Waals surface area contributed by atoms with Crippen LogP contribution in [0.15, 0.2) is 29.0 Å². The third-order valence-electron chi connectivity index (χ3n) is 2.68. The first-order valence-electron chi connectivity index (χ1n) is 5.44. The van der Waals surface area contributed by atoms with Gasteiger partial charge in [-0.25, -0.2) is 9.50 Å². The van der Waals surface area contributed by atoms with E-state index in [-0.39, 0.29) is 0 Å². The highest BCUT2D eigenvalue weighted by atomic mass is 16.3. The van der Waals surface area contributed by atoms with E-state index in [2.05, 4.69) is 10.1 Å². The van der Waals surface area contributed by atoms with Crippen LogP contribution < -0.4 is 5.73 Å². The largest absolute Gasteiger partial charge is 0.461 e. The molecule has 0 saturated carbocycles. The monoisotopic (exact) mass is 231 g/mol. The smallest absolute Gasteiger partial charge is 0.232 e. The Labute approximate surface area is 97.7 Å². The van der Waals surface area contributed by atoms with Crippen molar-refractivity contribution >= 4 is 5.78 Å². The lowest BCUT2D eigenvalue weighted by molar-refractivity contribution is 0.573. The van der Waals surface area contributed by atoms with Crippen molar-refractivity contribution in [3.05, 3.63) is 30.3 Å². The molecule has 0 bridgehead atoms. The second kappa shape index (κ2) is 3.74. The molecule has 0 radical (unpaired) electrons. The lowest BCUT2D eigenvalue weighted by atomic mass is 10.3. The molecule has 0 unspecified atom stereocenters. The van der Waals surface area contributed by atoms with E-state index in [1.54, 1.807) is 10.8 Å². The molecule has 0 fully saturated rings. The summed E-state index contributed by atoms with van der Waals surface area (Å²) < 4.78 is 8.99. The van der Waals surface area contributed by atoms with Crippen molar-refractivity contribution in [2.75, 3.05) is 6.54 Å². The molecule has 88 valence electrons. The van der Waals surface area contributed by atoms with E-state index in [0.29, 0.717) is 6.54 Å². The highest BCUT2D eigenvalue weighted by Gasteiger charge is 2.14. The normalized spacial score (nSPS) is 11.4. The number of rotatable bonds is 3. The topological polar surface area (TPSA) is 74.3 Å². The molecule has 17 heavy (non-hydrogen) atoms. The SMILES string of the molecule is Cn1c(-c2ccco2)nn2cc(CCN)nc12. The summed E-state index contributed by atoms with van der Waals surface area (Å²) in [4.78, 5) is 4.47. The number of aryl methyl sites for hydroxylation is 1. The summed E-state index contributed by atoms with van der Waals surface area (Å²) in [6, 6.07) is 3.72. The van der Waals surface area contributed by atoms with Crippen molar-refractivity contribution in [1.82, 2.24) is 19.2 Å². The van der Waals surface area contributed by atoms with Gasteiger partial charge in [-0.05, 0) is 18.7 Å². The number of nitrogens with zero attached hydrogens (tertiary/aromatic N) is 4. The molecule has 3 heterocycles. The van der Waals surface area contributed by atoms with Crippen LogP contribution in [0.5, 0.6) is 0 Å². The summed E-state index contributed by atoms with van der Waals surface area (Å²) in [5.41, 5.74) is 6.46. The maximum atomic E-state index is 5.50. The molecule has 0 aliphatic heterocycles. The molecule has 0 spiro atoms. The molecule has 0 atom stereocenters. The third-order valence-corrected chi connectivity index (χ3v) is 2.68. The summed E-state index contributed by atoms with van der Waals surface area (Å²) >= 11 is 0. The van der Waals surface area contributed by atoms with Gasteiger partial charge in [0.2, 0.25) is 5.78 Å². The number of aromatic nitrogens is 4. The maximum absolute atomic E-state index is 5.50. The van der Waals surface area contributed by atoms with E-state index in [1.807, 2.05) is 29.9 Å². The minimum Gasteiger partial charge on any atom is -0.461 e. The first-order valence-corrected chi connectivity index (χ1v) is 5.44. The molecular weight excluding hydrogens is 218 g/mol. The number of imidazole rings is 1. The third kappa shape index (κ3) is 1.53. The van der Waals surface area contributed by atoms with Gasteiger partial charge >= 0.3 is 0 Å². The van der Waals surface area contributed by atoms with Crippen LogP contribution in [0.25, 0.3) is 17.4 Å². The molecule has 0 aromatic carbocycles. The number of nitrogens with two attached hydrogens (primary N) is 1. The fourth-order valence-electron chi connectivity index (χ4n) is 1.86. The lowest BCUT2D eigenvalue weighted by Gasteiger charge is -1.95. The van der Waals surface area contributed by atoms with Crippen LogP contribution in [-0.2, 0) is 13.5 Å². The summed E-state index contributed by atoms with van der Waals surface area (Å²) in [5, 5.41) is 4.44. The Morgan fingerprint density at radius 3 is 3.00 bits per heavy atom. The van der Waals surface area contributed by atoms with E-state index in [4.69, 9.17) is 10.2 Å². The summed E-state index contributed by atoms with van der Waals surface area (Å²) in [5.74, 6) is 2.29. The van der Waals surface area contributed by atoms with E-state index >= 15 is 0 Å². The molecule has 3 rings (SSSR count). The second-order valence-electron chi connectivity index (χ2n) is 3.88. The highest BCUT2D eigenvalue weighted by Crippen LogP contribution is 2.19. The Kier molecular flexibility index (Phi) is 2.22. The fraction of sp³-hybridized carbons (Fsp3) is 0.273. The predicted molar refractivity (Wildman–Crippen MR) is 62.4 cm³/mol. The van der Waals surface area contributed by atoms with Crippen molar-refractivity contribution in [1.29, 1.82) is 0 Å². The van der Waals surface area contributed by atoms with E-state index < -0.39 is 0 Å². The summed E-state index contributed by atoms with van der Waals surface area (Å²) in [6.45, 7) is 0.592. The van der Waals surface area contributed by atoms with Crippen LogP contribution in [0, 0.1) is 0 Å². The fourth-order valence-corrected chi connectivity index (χ4v) is 1.86. The van der Waals surface area contributed by atoms with Crippen LogP contribution in [0.3, 0.4) is 0 Å². The van der Waals surface area contributed by atoms with Crippen molar-refractivity contribution in [2.45, 2.75) is 6.42 Å². The Morgan fingerprint density at radius 2 is 2.35 bits per heavy atom. The molecule has 6 nitrogen and oxygen atoms in total. The molecular formula is C11H13N5O. The van der Waals surface area contributed by atoms with Gasteiger partial charge in [-0.1, -0.05) is 0 Å². The van der Waals surface area contributed by atoms with Gasteiger partial charge in [0.05, 0.1) is 18.2 Å². The zero-order chi connectivity index (χ0) is 11.8. The average molecular weight is 231 g/mol. The van der Waals surface area contributed by atoms with Gasteiger partial charge in [0.1, 0.15) is 0 Å². The Bertz CT molecular complexity index is 634. The van der Waals surface area contributed by atoms with Crippen molar-refractivity contribution in [3.63, 3.8) is 0 Å². The van der Waals surface area contributed by atoms with Gasteiger partial charge in [0, 0.05) is 13.5 Å². The number of furan rings is 1. The quantitative estimate of drug-likeness (QED) is 0.724. The molecule has 3 aromatic rings. The van der Waals surface area contributed by atoms with Crippen LogP contribution in [-0.4, -0.2) is 25.7 Å². The Hall–Kier alpha value is -2.08.